The van der Waals surface area contributed by atoms with E-state index in [0.29, 0.717) is 22.3 Å². The maximum Gasteiger partial charge on any atom is 0.325 e. The molecule has 0 bridgehead atoms. The lowest BCUT2D eigenvalue weighted by atomic mass is 10.1. The minimum Gasteiger partial charge on any atom is -0.495 e. The van der Waals surface area contributed by atoms with Crippen molar-refractivity contribution < 1.29 is 14.3 Å². The summed E-state index contributed by atoms with van der Waals surface area (Å²) < 4.78 is 11.7. The first-order chi connectivity index (χ1) is 9.08. The van der Waals surface area contributed by atoms with E-state index in [1.165, 1.54) is 20.3 Å². The van der Waals surface area contributed by atoms with E-state index in [9.17, 15) is 9.59 Å². The Morgan fingerprint density at radius 1 is 1.32 bits per heavy atom. The van der Waals surface area contributed by atoms with Crippen molar-refractivity contribution in [3.63, 3.8) is 0 Å². The summed E-state index contributed by atoms with van der Waals surface area (Å²) in [7, 11) is 2.86. The quantitative estimate of drug-likeness (QED) is 0.785. The van der Waals surface area contributed by atoms with Crippen LogP contribution in [-0.2, 0) is 16.1 Å². The number of ether oxygens (including phenoxy) is 2. The molecular weight excluding hydrogens is 246 g/mol. The maximum atomic E-state index is 12.0. The highest BCUT2D eigenvalue weighted by Gasteiger charge is 2.13. The molecule has 0 radical (unpaired) electrons. The lowest BCUT2D eigenvalue weighted by Crippen LogP contribution is -2.18. The third kappa shape index (κ3) is 2.31. The Morgan fingerprint density at radius 3 is 2.68 bits per heavy atom. The van der Waals surface area contributed by atoms with E-state index >= 15 is 0 Å². The van der Waals surface area contributed by atoms with Crippen LogP contribution in [0.1, 0.15) is 5.69 Å². The molecule has 5 nitrogen and oxygen atoms in total. The van der Waals surface area contributed by atoms with Gasteiger partial charge in [-0.2, -0.15) is 0 Å². The van der Waals surface area contributed by atoms with Crippen molar-refractivity contribution in [1.29, 1.82) is 0 Å². The third-order valence-corrected chi connectivity index (χ3v) is 3.03. The Labute approximate surface area is 110 Å². The number of hydrogen-bond donors (Lipinski definition) is 0. The van der Waals surface area contributed by atoms with Crippen molar-refractivity contribution in [2.24, 2.45) is 0 Å². The molecule has 0 aliphatic rings. The first-order valence-electron chi connectivity index (χ1n) is 5.82. The summed E-state index contributed by atoms with van der Waals surface area (Å²) in [6, 6.07) is 6.73. The average molecular weight is 261 g/mol. The van der Waals surface area contributed by atoms with E-state index in [-0.39, 0.29) is 17.9 Å². The molecule has 5 heteroatoms. The van der Waals surface area contributed by atoms with Gasteiger partial charge >= 0.3 is 5.97 Å². The summed E-state index contributed by atoms with van der Waals surface area (Å²) in [5.41, 5.74) is 1.21. The number of nitrogens with zero attached hydrogens (tertiary/aromatic N) is 1. The molecule has 0 unspecified atom stereocenters. The van der Waals surface area contributed by atoms with E-state index < -0.39 is 0 Å². The van der Waals surface area contributed by atoms with Crippen LogP contribution in [0.4, 0.5) is 0 Å². The number of pyridine rings is 1. The molecule has 2 aromatic rings. The Hall–Kier alpha value is -2.30. The highest BCUT2D eigenvalue weighted by molar-refractivity contribution is 5.86. The number of methoxy groups -OCH3 is 2. The minimum atomic E-state index is -0.376. The van der Waals surface area contributed by atoms with Crippen molar-refractivity contribution in [2.45, 2.75) is 13.5 Å². The molecule has 100 valence electrons. The van der Waals surface area contributed by atoms with Crippen molar-refractivity contribution in [3.05, 3.63) is 40.2 Å². The number of para-hydroxylation sites is 1. The smallest absolute Gasteiger partial charge is 0.325 e. The first kappa shape index (κ1) is 13.1. The lowest BCUT2D eigenvalue weighted by Gasteiger charge is -2.15. The monoisotopic (exact) mass is 261 g/mol. The maximum absolute atomic E-state index is 12.0. The second kappa shape index (κ2) is 5.14. The van der Waals surface area contributed by atoms with Gasteiger partial charge in [-0.3, -0.25) is 9.59 Å². The van der Waals surface area contributed by atoms with Gasteiger partial charge in [0.25, 0.3) is 0 Å². The zero-order valence-electron chi connectivity index (χ0n) is 11.1. The van der Waals surface area contributed by atoms with E-state index in [1.54, 1.807) is 29.7 Å². The largest absolute Gasteiger partial charge is 0.495 e. The van der Waals surface area contributed by atoms with Crippen LogP contribution in [0.2, 0.25) is 0 Å². The molecule has 19 heavy (non-hydrogen) atoms. The van der Waals surface area contributed by atoms with E-state index in [0.717, 1.165) is 0 Å². The van der Waals surface area contributed by atoms with Crippen LogP contribution >= 0.6 is 0 Å². The number of aryl methyl sites for hydroxylation is 1. The minimum absolute atomic E-state index is 0.0412. The predicted octanol–water partition coefficient (Wildman–Crippen LogP) is 1.49. The van der Waals surface area contributed by atoms with Gasteiger partial charge in [-0.25, -0.2) is 0 Å². The van der Waals surface area contributed by atoms with Gasteiger partial charge < -0.3 is 14.0 Å². The third-order valence-electron chi connectivity index (χ3n) is 3.03. The molecule has 0 N–H and O–H groups in total. The molecule has 0 saturated heterocycles. The molecule has 1 aromatic heterocycles. The van der Waals surface area contributed by atoms with Crippen LogP contribution in [0.15, 0.2) is 29.1 Å². The van der Waals surface area contributed by atoms with Crippen molar-refractivity contribution in [1.82, 2.24) is 4.57 Å². The van der Waals surface area contributed by atoms with Gasteiger partial charge in [0.1, 0.15) is 12.3 Å². The highest BCUT2D eigenvalue weighted by atomic mass is 16.5. The molecule has 1 aromatic carbocycles. The summed E-state index contributed by atoms with van der Waals surface area (Å²) in [5.74, 6) is 0.182. The number of carbonyl (C=O) groups excluding carboxylic acids is 1. The Balaban J connectivity index is 2.80. The predicted molar refractivity (Wildman–Crippen MR) is 71.5 cm³/mol. The molecule has 0 atom stereocenters. The lowest BCUT2D eigenvalue weighted by molar-refractivity contribution is -0.141. The highest BCUT2D eigenvalue weighted by Crippen LogP contribution is 2.24. The van der Waals surface area contributed by atoms with Gasteiger partial charge in [-0.05, 0) is 19.1 Å². The Morgan fingerprint density at radius 2 is 2.05 bits per heavy atom. The van der Waals surface area contributed by atoms with E-state index in [2.05, 4.69) is 4.74 Å². The number of benzene rings is 1. The van der Waals surface area contributed by atoms with Gasteiger partial charge in [0.2, 0.25) is 0 Å². The summed E-state index contributed by atoms with van der Waals surface area (Å²) in [5, 5.41) is 0.522. The fourth-order valence-corrected chi connectivity index (χ4v) is 2.08. The van der Waals surface area contributed by atoms with Gasteiger partial charge in [0.05, 0.1) is 19.7 Å². The molecular formula is C14H15NO4. The summed E-state index contributed by atoms with van der Waals surface area (Å²) in [6.07, 6.45) is 0. The van der Waals surface area contributed by atoms with Crippen LogP contribution in [0.25, 0.3) is 10.9 Å². The van der Waals surface area contributed by atoms with Crippen LogP contribution in [0.3, 0.4) is 0 Å². The topological polar surface area (TPSA) is 57.5 Å². The second-order valence-corrected chi connectivity index (χ2v) is 4.17. The SMILES string of the molecule is COC(=O)Cn1c(C)cc(=O)c2cccc(OC)c21. The van der Waals surface area contributed by atoms with Gasteiger partial charge in [-0.15, -0.1) is 0 Å². The van der Waals surface area contributed by atoms with E-state index in [4.69, 9.17) is 4.74 Å². The number of rotatable bonds is 3. The fourth-order valence-electron chi connectivity index (χ4n) is 2.08. The number of hydrogen-bond acceptors (Lipinski definition) is 4. The summed E-state index contributed by atoms with van der Waals surface area (Å²) >= 11 is 0. The first-order valence-corrected chi connectivity index (χ1v) is 5.82. The standard InChI is InChI=1S/C14H15NO4/c1-9-7-11(16)10-5-4-6-12(18-2)14(10)15(9)8-13(17)19-3/h4-7H,8H2,1-3H3. The van der Waals surface area contributed by atoms with Crippen LogP contribution < -0.4 is 10.2 Å². The van der Waals surface area contributed by atoms with Crippen molar-refractivity contribution in [2.75, 3.05) is 14.2 Å². The summed E-state index contributed by atoms with van der Waals surface area (Å²) in [6.45, 7) is 1.82. The zero-order valence-corrected chi connectivity index (χ0v) is 11.1. The number of esters is 1. The van der Waals surface area contributed by atoms with Crippen LogP contribution in [-0.4, -0.2) is 24.8 Å². The molecule has 2 rings (SSSR count). The molecule has 1 heterocycles. The van der Waals surface area contributed by atoms with Crippen molar-refractivity contribution in [3.8, 4) is 5.75 Å². The zero-order chi connectivity index (χ0) is 14.0. The van der Waals surface area contributed by atoms with Crippen LogP contribution in [0.5, 0.6) is 5.75 Å². The van der Waals surface area contributed by atoms with Crippen molar-refractivity contribution >= 4 is 16.9 Å². The fraction of sp³-hybridized carbons (Fsp3) is 0.286. The molecule has 0 amide bonds. The second-order valence-electron chi connectivity index (χ2n) is 4.17. The molecule has 0 fully saturated rings. The Bertz CT molecular complexity index is 688. The average Bonchev–Trinajstić information content (AvgIpc) is 2.42. The Kier molecular flexibility index (Phi) is 3.55. The molecule has 0 aliphatic carbocycles. The summed E-state index contributed by atoms with van der Waals surface area (Å²) in [4.78, 5) is 23.5. The molecule has 0 saturated carbocycles. The van der Waals surface area contributed by atoms with Gasteiger partial charge in [0.15, 0.2) is 5.43 Å². The molecule has 0 aliphatic heterocycles. The van der Waals surface area contributed by atoms with Crippen LogP contribution in [0, 0.1) is 6.92 Å². The number of aromatic nitrogens is 1. The number of fused-ring (bicyclic) bond motifs is 1. The van der Waals surface area contributed by atoms with E-state index in [1.807, 2.05) is 0 Å². The number of carbonyl (C=O) groups is 1. The van der Waals surface area contributed by atoms with Gasteiger partial charge in [-0.1, -0.05) is 6.07 Å². The van der Waals surface area contributed by atoms with Gasteiger partial charge in [0, 0.05) is 17.1 Å². The molecule has 0 spiro atoms. The normalized spacial score (nSPS) is 10.5.